The third-order valence-electron chi connectivity index (χ3n) is 4.24. The number of carbonyl (C=O) groups is 1. The zero-order valence-electron chi connectivity index (χ0n) is 13.1. The lowest BCUT2D eigenvalue weighted by Gasteiger charge is -2.35. The van der Waals surface area contributed by atoms with Gasteiger partial charge in [-0.2, -0.15) is 5.10 Å². The molecule has 22 heavy (non-hydrogen) atoms. The molecule has 3 rings (SSSR count). The monoisotopic (exact) mass is 302 g/mol. The molecule has 3 heterocycles. The molecule has 0 saturated carbocycles. The third kappa shape index (κ3) is 2.77. The van der Waals surface area contributed by atoms with Crippen LogP contribution in [0.2, 0.25) is 0 Å². The van der Waals surface area contributed by atoms with Gasteiger partial charge in [-0.05, 0) is 38.2 Å². The van der Waals surface area contributed by atoms with Gasteiger partial charge < -0.3 is 9.42 Å². The standard InChI is InChI=1S/C16H22N4O2/c1-3-6-12-9-13(19-22-12)16(21)20-8-5-4-7-14(20)15-11(2)10-17-18-15/h9-10,14H,3-8H2,1-2H3,(H,17,18)/t14-/m1/s1. The third-order valence-corrected chi connectivity index (χ3v) is 4.24. The van der Waals surface area contributed by atoms with Crippen molar-refractivity contribution in [2.24, 2.45) is 0 Å². The number of rotatable bonds is 4. The number of hydrogen-bond donors (Lipinski definition) is 1. The number of aromatic nitrogens is 3. The molecule has 1 atom stereocenters. The molecule has 1 aliphatic rings. The highest BCUT2D eigenvalue weighted by molar-refractivity contribution is 5.92. The Morgan fingerprint density at radius 3 is 3.09 bits per heavy atom. The van der Waals surface area contributed by atoms with E-state index in [0.717, 1.165) is 55.7 Å². The number of amides is 1. The molecule has 1 fully saturated rings. The van der Waals surface area contributed by atoms with Crippen LogP contribution in [-0.4, -0.2) is 32.7 Å². The highest BCUT2D eigenvalue weighted by Crippen LogP contribution is 2.32. The van der Waals surface area contributed by atoms with Crippen molar-refractivity contribution < 1.29 is 9.32 Å². The van der Waals surface area contributed by atoms with Crippen LogP contribution >= 0.6 is 0 Å². The first-order chi connectivity index (χ1) is 10.7. The van der Waals surface area contributed by atoms with Crippen molar-refractivity contribution in [1.29, 1.82) is 0 Å². The summed E-state index contributed by atoms with van der Waals surface area (Å²) in [5.74, 6) is 0.724. The average Bonchev–Trinajstić information content (AvgIpc) is 3.16. The SMILES string of the molecule is CCCc1cc(C(=O)N2CCCC[C@@H]2c2[nH]ncc2C)no1. The predicted octanol–water partition coefficient (Wildman–Crippen LogP) is 3.03. The van der Waals surface area contributed by atoms with Gasteiger partial charge in [0.15, 0.2) is 5.69 Å². The molecule has 0 unspecified atom stereocenters. The summed E-state index contributed by atoms with van der Waals surface area (Å²) in [5, 5.41) is 11.1. The van der Waals surface area contributed by atoms with Crippen molar-refractivity contribution >= 4 is 5.91 Å². The van der Waals surface area contributed by atoms with Crippen LogP contribution < -0.4 is 0 Å². The summed E-state index contributed by atoms with van der Waals surface area (Å²) in [6.07, 6.45) is 6.68. The summed E-state index contributed by atoms with van der Waals surface area (Å²) in [6.45, 7) is 4.84. The van der Waals surface area contributed by atoms with Crippen molar-refractivity contribution in [2.45, 2.75) is 52.0 Å². The fraction of sp³-hybridized carbons (Fsp3) is 0.562. The van der Waals surface area contributed by atoms with Crippen molar-refractivity contribution in [2.75, 3.05) is 6.54 Å². The van der Waals surface area contributed by atoms with Crippen LogP contribution in [0.3, 0.4) is 0 Å². The zero-order chi connectivity index (χ0) is 15.5. The van der Waals surface area contributed by atoms with E-state index >= 15 is 0 Å². The van der Waals surface area contributed by atoms with Gasteiger partial charge in [-0.1, -0.05) is 12.1 Å². The first-order valence-electron chi connectivity index (χ1n) is 7.97. The number of carbonyl (C=O) groups excluding carboxylic acids is 1. The maximum Gasteiger partial charge on any atom is 0.276 e. The van der Waals surface area contributed by atoms with E-state index in [4.69, 9.17) is 4.52 Å². The first-order valence-corrected chi connectivity index (χ1v) is 7.97. The second kappa shape index (κ2) is 6.34. The van der Waals surface area contributed by atoms with Crippen LogP contribution in [0.15, 0.2) is 16.8 Å². The Morgan fingerprint density at radius 2 is 2.36 bits per heavy atom. The van der Waals surface area contributed by atoms with Gasteiger partial charge in [0.05, 0.1) is 17.9 Å². The predicted molar refractivity (Wildman–Crippen MR) is 81.5 cm³/mol. The van der Waals surface area contributed by atoms with Gasteiger partial charge in [-0.3, -0.25) is 9.89 Å². The Kier molecular flexibility index (Phi) is 4.27. The van der Waals surface area contributed by atoms with E-state index in [0.29, 0.717) is 5.69 Å². The Bertz CT molecular complexity index is 646. The molecular formula is C16H22N4O2. The topological polar surface area (TPSA) is 75.0 Å². The molecular weight excluding hydrogens is 280 g/mol. The lowest BCUT2D eigenvalue weighted by molar-refractivity contribution is 0.0594. The Hall–Kier alpha value is -2.11. The van der Waals surface area contributed by atoms with Gasteiger partial charge in [0.25, 0.3) is 5.91 Å². The van der Waals surface area contributed by atoms with E-state index in [1.54, 1.807) is 6.07 Å². The van der Waals surface area contributed by atoms with Gasteiger partial charge >= 0.3 is 0 Å². The minimum atomic E-state index is -0.0511. The van der Waals surface area contributed by atoms with E-state index in [-0.39, 0.29) is 11.9 Å². The molecule has 2 aromatic heterocycles. The fourth-order valence-electron chi connectivity index (χ4n) is 3.09. The minimum Gasteiger partial charge on any atom is -0.361 e. The second-order valence-corrected chi connectivity index (χ2v) is 5.91. The van der Waals surface area contributed by atoms with Gasteiger partial charge in [0.1, 0.15) is 5.76 Å². The van der Waals surface area contributed by atoms with Crippen LogP contribution in [0, 0.1) is 6.92 Å². The van der Waals surface area contributed by atoms with E-state index < -0.39 is 0 Å². The summed E-state index contributed by atoms with van der Waals surface area (Å²) >= 11 is 0. The molecule has 0 bridgehead atoms. The summed E-state index contributed by atoms with van der Waals surface area (Å²) in [6, 6.07) is 1.83. The van der Waals surface area contributed by atoms with Crippen molar-refractivity contribution in [3.63, 3.8) is 0 Å². The first kappa shape index (κ1) is 14.8. The maximum atomic E-state index is 12.8. The Balaban J connectivity index is 1.83. The summed E-state index contributed by atoms with van der Waals surface area (Å²) in [4.78, 5) is 14.7. The Morgan fingerprint density at radius 1 is 1.50 bits per heavy atom. The number of aryl methyl sites for hydroxylation is 2. The molecule has 0 spiro atoms. The molecule has 1 aliphatic heterocycles. The molecule has 118 valence electrons. The largest absolute Gasteiger partial charge is 0.361 e. The second-order valence-electron chi connectivity index (χ2n) is 5.91. The van der Waals surface area contributed by atoms with Crippen LogP contribution in [0.5, 0.6) is 0 Å². The quantitative estimate of drug-likeness (QED) is 0.942. The van der Waals surface area contributed by atoms with Crippen molar-refractivity contribution in [3.8, 4) is 0 Å². The summed E-state index contributed by atoms with van der Waals surface area (Å²) < 4.78 is 5.25. The molecule has 0 aliphatic carbocycles. The molecule has 6 heteroatoms. The molecule has 0 aromatic carbocycles. The molecule has 0 radical (unpaired) electrons. The zero-order valence-corrected chi connectivity index (χ0v) is 13.1. The molecule has 1 saturated heterocycles. The van der Waals surface area contributed by atoms with Gasteiger partial charge in [0.2, 0.25) is 0 Å². The number of hydrogen-bond acceptors (Lipinski definition) is 4. The summed E-state index contributed by atoms with van der Waals surface area (Å²) in [7, 11) is 0. The van der Waals surface area contributed by atoms with Gasteiger partial charge in [-0.15, -0.1) is 0 Å². The molecule has 1 amide bonds. The molecule has 1 N–H and O–H groups in total. The van der Waals surface area contributed by atoms with Crippen molar-refractivity contribution in [3.05, 3.63) is 35.0 Å². The lowest BCUT2D eigenvalue weighted by Crippen LogP contribution is -2.39. The van der Waals surface area contributed by atoms with Crippen LogP contribution in [0.25, 0.3) is 0 Å². The highest BCUT2D eigenvalue weighted by atomic mass is 16.5. The van der Waals surface area contributed by atoms with E-state index in [1.165, 1.54) is 0 Å². The van der Waals surface area contributed by atoms with E-state index in [9.17, 15) is 4.79 Å². The van der Waals surface area contributed by atoms with Gasteiger partial charge in [0, 0.05) is 19.0 Å². The van der Waals surface area contributed by atoms with Crippen LogP contribution in [0.4, 0.5) is 0 Å². The van der Waals surface area contributed by atoms with Crippen molar-refractivity contribution in [1.82, 2.24) is 20.3 Å². The van der Waals surface area contributed by atoms with E-state index in [2.05, 4.69) is 22.3 Å². The number of piperidine rings is 1. The normalized spacial score (nSPS) is 18.6. The number of nitrogens with zero attached hydrogens (tertiary/aromatic N) is 3. The number of likely N-dealkylation sites (tertiary alicyclic amines) is 1. The minimum absolute atomic E-state index is 0.0510. The Labute approximate surface area is 129 Å². The van der Waals surface area contributed by atoms with Gasteiger partial charge in [-0.25, -0.2) is 0 Å². The molecule has 2 aromatic rings. The number of H-pyrrole nitrogens is 1. The van der Waals surface area contributed by atoms with Crippen LogP contribution in [-0.2, 0) is 6.42 Å². The highest BCUT2D eigenvalue weighted by Gasteiger charge is 2.32. The number of aromatic amines is 1. The fourth-order valence-corrected chi connectivity index (χ4v) is 3.09. The van der Waals surface area contributed by atoms with Crippen LogP contribution in [0.1, 0.15) is 66.2 Å². The summed E-state index contributed by atoms with van der Waals surface area (Å²) in [5.41, 5.74) is 2.54. The smallest absolute Gasteiger partial charge is 0.276 e. The average molecular weight is 302 g/mol. The molecule has 6 nitrogen and oxygen atoms in total. The van der Waals surface area contributed by atoms with E-state index in [1.807, 2.05) is 18.0 Å². The maximum absolute atomic E-state index is 12.8. The number of nitrogens with one attached hydrogen (secondary N) is 1. The lowest BCUT2D eigenvalue weighted by atomic mass is 9.97.